The molecule has 3 N–H and O–H groups in total. The van der Waals surface area contributed by atoms with E-state index in [1.807, 2.05) is 25.3 Å². The number of nitrogens with zero attached hydrogens (tertiary/aromatic N) is 4. The lowest BCUT2D eigenvalue weighted by Gasteiger charge is -2.12. The molecule has 31 heavy (non-hydrogen) atoms. The lowest BCUT2D eigenvalue weighted by molar-refractivity contribution is 0.0995. The van der Waals surface area contributed by atoms with Gasteiger partial charge >= 0.3 is 0 Å². The number of hydrogen-bond donors (Lipinski definition) is 2. The van der Waals surface area contributed by atoms with Crippen LogP contribution in [0.1, 0.15) is 46.8 Å². The molecule has 166 valence electrons. The molecule has 0 radical (unpaired) electrons. The summed E-state index contributed by atoms with van der Waals surface area (Å²) in [7, 11) is 1.62. The minimum Gasteiger partial charge on any atom is -0.491 e. The van der Waals surface area contributed by atoms with Crippen molar-refractivity contribution < 1.29 is 19.1 Å². The largest absolute Gasteiger partial charge is 0.491 e. The van der Waals surface area contributed by atoms with Crippen molar-refractivity contribution in [2.45, 2.75) is 40.3 Å². The van der Waals surface area contributed by atoms with Crippen LogP contribution in [-0.4, -0.2) is 51.5 Å². The number of aromatic nitrogens is 4. The van der Waals surface area contributed by atoms with Crippen LogP contribution in [0.25, 0.3) is 11.0 Å². The lowest BCUT2D eigenvalue weighted by atomic mass is 10.1. The molecule has 1 aromatic carbocycles. The maximum atomic E-state index is 12.9. The molecule has 0 unspecified atom stereocenters. The molecule has 0 aliphatic heterocycles. The Balaban J connectivity index is 2.02. The monoisotopic (exact) mass is 428 g/mol. The molecule has 10 heteroatoms. The highest BCUT2D eigenvalue weighted by molar-refractivity contribution is 6.04. The molecule has 0 aliphatic rings. The summed E-state index contributed by atoms with van der Waals surface area (Å²) in [6.45, 7) is 7.75. The first-order valence-corrected chi connectivity index (χ1v) is 10.2. The third-order valence-corrected chi connectivity index (χ3v) is 4.82. The van der Waals surface area contributed by atoms with Gasteiger partial charge in [-0.05, 0) is 39.0 Å². The van der Waals surface area contributed by atoms with E-state index in [0.717, 1.165) is 5.69 Å². The second-order valence-electron chi connectivity index (χ2n) is 7.02. The summed E-state index contributed by atoms with van der Waals surface area (Å²) in [5.74, 6) is -0.0631. The summed E-state index contributed by atoms with van der Waals surface area (Å²) >= 11 is 0. The van der Waals surface area contributed by atoms with Crippen LogP contribution < -0.4 is 15.8 Å². The first-order valence-electron chi connectivity index (χ1n) is 10.2. The normalized spacial score (nSPS) is 11.1. The first kappa shape index (κ1) is 22.3. The van der Waals surface area contributed by atoms with Crippen LogP contribution in [0.2, 0.25) is 0 Å². The Hall–Kier alpha value is -3.40. The molecule has 3 aromatic rings. The Morgan fingerprint density at radius 1 is 1.16 bits per heavy atom. The second-order valence-corrected chi connectivity index (χ2v) is 7.02. The number of primary amides is 1. The zero-order valence-electron chi connectivity index (χ0n) is 18.3. The van der Waals surface area contributed by atoms with Crippen molar-refractivity contribution in [2.24, 2.45) is 5.73 Å². The average molecular weight is 428 g/mol. The number of imidazole rings is 1. The molecule has 0 bridgehead atoms. The smallest absolute Gasteiger partial charge is 0.276 e. The van der Waals surface area contributed by atoms with Crippen LogP contribution in [0, 0.1) is 6.92 Å². The minimum atomic E-state index is -0.581. The summed E-state index contributed by atoms with van der Waals surface area (Å²) in [6, 6.07) is 4.93. The van der Waals surface area contributed by atoms with Crippen molar-refractivity contribution in [3.05, 3.63) is 35.2 Å². The van der Waals surface area contributed by atoms with E-state index in [1.54, 1.807) is 30.0 Å². The van der Waals surface area contributed by atoms with Crippen LogP contribution in [0.15, 0.2) is 18.2 Å². The highest BCUT2D eigenvalue weighted by Crippen LogP contribution is 2.31. The number of fused-ring (bicyclic) bond motifs is 1. The predicted octanol–water partition coefficient (Wildman–Crippen LogP) is 2.35. The molecule has 2 amide bonds. The van der Waals surface area contributed by atoms with Gasteiger partial charge < -0.3 is 19.8 Å². The van der Waals surface area contributed by atoms with Crippen molar-refractivity contribution in [2.75, 3.05) is 25.6 Å². The van der Waals surface area contributed by atoms with Gasteiger partial charge in [0.25, 0.3) is 5.91 Å². The number of rotatable bonds is 10. The number of nitrogens with one attached hydrogen (secondary N) is 1. The summed E-state index contributed by atoms with van der Waals surface area (Å²) in [6.07, 6.45) is 0.684. The highest BCUT2D eigenvalue weighted by atomic mass is 16.5. The number of aryl methyl sites for hydroxylation is 3. The first-order chi connectivity index (χ1) is 14.9. The van der Waals surface area contributed by atoms with Gasteiger partial charge in [-0.25, -0.2) is 4.98 Å². The molecular formula is C21H28N6O4. The SMILES string of the molecule is CCn1nc(C)cc1C(=O)Nc1nc2cc(C(N)=O)cc(OCCCOC)c2n1CC. The van der Waals surface area contributed by atoms with Crippen molar-refractivity contribution in [1.29, 1.82) is 0 Å². The van der Waals surface area contributed by atoms with Gasteiger partial charge in [-0.15, -0.1) is 0 Å². The Bertz CT molecular complexity index is 1100. The number of nitrogens with two attached hydrogens (primary N) is 1. The van der Waals surface area contributed by atoms with Crippen LogP contribution in [0.3, 0.4) is 0 Å². The van der Waals surface area contributed by atoms with E-state index in [9.17, 15) is 9.59 Å². The molecule has 0 atom stereocenters. The number of carbonyl (C=O) groups excluding carboxylic acids is 2. The van der Waals surface area contributed by atoms with Crippen LogP contribution in [-0.2, 0) is 17.8 Å². The Kier molecular flexibility index (Phi) is 6.91. The van der Waals surface area contributed by atoms with Crippen molar-refractivity contribution in [3.63, 3.8) is 0 Å². The molecule has 0 aliphatic carbocycles. The third-order valence-electron chi connectivity index (χ3n) is 4.82. The molecule has 0 saturated carbocycles. The molecule has 10 nitrogen and oxygen atoms in total. The van der Waals surface area contributed by atoms with E-state index in [2.05, 4.69) is 15.4 Å². The molecule has 2 aromatic heterocycles. The fourth-order valence-electron chi connectivity index (χ4n) is 3.41. The lowest BCUT2D eigenvalue weighted by Crippen LogP contribution is -2.19. The van der Waals surface area contributed by atoms with Gasteiger partial charge in [-0.2, -0.15) is 5.10 Å². The summed E-state index contributed by atoms with van der Waals surface area (Å²) in [5.41, 5.74) is 8.17. The average Bonchev–Trinajstić information content (AvgIpc) is 3.30. The van der Waals surface area contributed by atoms with E-state index in [1.165, 1.54) is 0 Å². The number of ether oxygens (including phenoxy) is 2. The standard InChI is InChI=1S/C21H28N6O4/c1-5-26-18-15(11-14(19(22)28)12-17(18)31-9-7-8-30-4)23-21(26)24-20(29)16-10-13(3)25-27(16)6-2/h10-12H,5-9H2,1-4H3,(H2,22,28)(H,23,24,29). The third kappa shape index (κ3) is 4.69. The molecule has 0 fully saturated rings. The van der Waals surface area contributed by atoms with Crippen molar-refractivity contribution in [3.8, 4) is 5.75 Å². The van der Waals surface area contributed by atoms with Crippen LogP contribution in [0.5, 0.6) is 5.75 Å². The van der Waals surface area contributed by atoms with Crippen molar-refractivity contribution >= 4 is 28.8 Å². The van der Waals surface area contributed by atoms with Gasteiger partial charge in [0.1, 0.15) is 17.0 Å². The van der Waals surface area contributed by atoms with E-state index < -0.39 is 5.91 Å². The van der Waals surface area contributed by atoms with Gasteiger partial charge in [0.15, 0.2) is 0 Å². The fourth-order valence-corrected chi connectivity index (χ4v) is 3.41. The number of anilines is 1. The van der Waals surface area contributed by atoms with E-state index in [0.29, 0.717) is 61.1 Å². The number of carbonyl (C=O) groups is 2. The van der Waals surface area contributed by atoms with Gasteiger partial charge in [0.2, 0.25) is 11.9 Å². The molecule has 0 saturated heterocycles. The molecular weight excluding hydrogens is 400 g/mol. The Morgan fingerprint density at radius 3 is 2.58 bits per heavy atom. The predicted molar refractivity (Wildman–Crippen MR) is 117 cm³/mol. The van der Waals surface area contributed by atoms with E-state index in [4.69, 9.17) is 15.2 Å². The Labute approximate surface area is 180 Å². The van der Waals surface area contributed by atoms with E-state index in [-0.39, 0.29) is 11.5 Å². The quantitative estimate of drug-likeness (QED) is 0.477. The summed E-state index contributed by atoms with van der Waals surface area (Å²) < 4.78 is 14.5. The fraction of sp³-hybridized carbons (Fsp3) is 0.429. The topological polar surface area (TPSA) is 126 Å². The van der Waals surface area contributed by atoms with Crippen molar-refractivity contribution in [1.82, 2.24) is 19.3 Å². The molecule has 3 rings (SSSR count). The number of methoxy groups -OCH3 is 1. The zero-order chi connectivity index (χ0) is 22.5. The second kappa shape index (κ2) is 9.61. The van der Waals surface area contributed by atoms with Gasteiger partial charge in [-0.3, -0.25) is 19.6 Å². The van der Waals surface area contributed by atoms with Gasteiger partial charge in [-0.1, -0.05) is 0 Å². The van der Waals surface area contributed by atoms with Gasteiger partial charge in [0, 0.05) is 38.8 Å². The van der Waals surface area contributed by atoms with E-state index >= 15 is 0 Å². The minimum absolute atomic E-state index is 0.285. The van der Waals surface area contributed by atoms with Crippen LogP contribution >= 0.6 is 0 Å². The highest BCUT2D eigenvalue weighted by Gasteiger charge is 2.21. The number of benzene rings is 1. The zero-order valence-corrected chi connectivity index (χ0v) is 18.3. The van der Waals surface area contributed by atoms with Gasteiger partial charge in [0.05, 0.1) is 17.8 Å². The molecule has 0 spiro atoms. The summed E-state index contributed by atoms with van der Waals surface area (Å²) in [4.78, 5) is 29.3. The molecule has 2 heterocycles. The maximum Gasteiger partial charge on any atom is 0.276 e. The van der Waals surface area contributed by atoms with Crippen LogP contribution in [0.4, 0.5) is 5.95 Å². The number of hydrogen-bond acceptors (Lipinski definition) is 6. The Morgan fingerprint density at radius 2 is 1.94 bits per heavy atom. The maximum absolute atomic E-state index is 12.9. The summed E-state index contributed by atoms with van der Waals surface area (Å²) in [5, 5.41) is 7.19. The number of amides is 2.